The third kappa shape index (κ3) is 20.0. The molecule has 0 spiro atoms. The van der Waals surface area contributed by atoms with Gasteiger partial charge in [0.2, 0.25) is 0 Å². The molecule has 0 aromatic rings. The summed E-state index contributed by atoms with van der Waals surface area (Å²) in [5.74, 6) is -6.97. The first-order valence-electron chi connectivity index (χ1n) is 13.8. The molecule has 0 aliphatic rings. The lowest BCUT2D eigenvalue weighted by Crippen LogP contribution is -2.36. The Morgan fingerprint density at radius 1 is 0.289 bits per heavy atom. The standard InChI is InChI=1S/C26H44F10S2/c27-23(28,25(31,32)33)19-15-11-7-3-1-5-9-13-17-21-37-38-22-18-14-10-6-2-4-8-12-16-20-24(29,30)26(34,35)36/h1-22H2. The van der Waals surface area contributed by atoms with Gasteiger partial charge in [-0.3, -0.25) is 0 Å². The van der Waals surface area contributed by atoms with E-state index in [2.05, 4.69) is 0 Å². The van der Waals surface area contributed by atoms with Crippen LogP contribution in [0, 0.1) is 0 Å². The zero-order valence-electron chi connectivity index (χ0n) is 22.2. The van der Waals surface area contributed by atoms with Gasteiger partial charge in [0, 0.05) is 24.3 Å². The van der Waals surface area contributed by atoms with Gasteiger partial charge in [-0.1, -0.05) is 111 Å². The number of hydrogen-bond donors (Lipinski definition) is 0. The highest BCUT2D eigenvalue weighted by Crippen LogP contribution is 2.40. The van der Waals surface area contributed by atoms with E-state index in [4.69, 9.17) is 0 Å². The number of alkyl halides is 10. The second kappa shape index (κ2) is 20.8. The average Bonchev–Trinajstić information content (AvgIpc) is 2.80. The van der Waals surface area contributed by atoms with Crippen molar-refractivity contribution in [3.05, 3.63) is 0 Å². The second-order valence-electron chi connectivity index (χ2n) is 9.91. The maximum atomic E-state index is 12.8. The van der Waals surface area contributed by atoms with Crippen LogP contribution < -0.4 is 0 Å². The Kier molecular flexibility index (Phi) is 20.8. The summed E-state index contributed by atoms with van der Waals surface area (Å²) in [7, 11) is 3.74. The van der Waals surface area contributed by atoms with E-state index in [0.717, 1.165) is 88.6 Å². The van der Waals surface area contributed by atoms with Crippen LogP contribution in [-0.2, 0) is 0 Å². The average molecular weight is 611 g/mol. The van der Waals surface area contributed by atoms with Gasteiger partial charge in [0.05, 0.1) is 0 Å². The van der Waals surface area contributed by atoms with Crippen LogP contribution in [0.15, 0.2) is 0 Å². The van der Waals surface area contributed by atoms with Gasteiger partial charge in [-0.15, -0.1) is 0 Å². The van der Waals surface area contributed by atoms with E-state index in [1.807, 2.05) is 21.6 Å². The van der Waals surface area contributed by atoms with Crippen LogP contribution in [0.25, 0.3) is 0 Å². The first-order valence-corrected chi connectivity index (χ1v) is 16.3. The molecule has 0 rings (SSSR count). The maximum Gasteiger partial charge on any atom is 0.453 e. The summed E-state index contributed by atoms with van der Waals surface area (Å²) in [5.41, 5.74) is 0. The van der Waals surface area contributed by atoms with E-state index in [-0.39, 0.29) is 12.8 Å². The minimum absolute atomic E-state index is 0.103. The summed E-state index contributed by atoms with van der Waals surface area (Å²) in [6.45, 7) is 0. The molecule has 0 amide bonds. The lowest BCUT2D eigenvalue weighted by Gasteiger charge is -2.19. The number of halogens is 10. The predicted molar refractivity (Wildman–Crippen MR) is 139 cm³/mol. The smallest absolute Gasteiger partial charge is 0.196 e. The third-order valence-corrected chi connectivity index (χ3v) is 8.93. The molecule has 0 fully saturated rings. The van der Waals surface area contributed by atoms with Crippen molar-refractivity contribution in [2.45, 2.75) is 153 Å². The van der Waals surface area contributed by atoms with Gasteiger partial charge in [-0.25, -0.2) is 0 Å². The van der Waals surface area contributed by atoms with Crippen LogP contribution in [0.1, 0.15) is 128 Å². The zero-order chi connectivity index (χ0) is 29.0. The number of hydrogen-bond acceptors (Lipinski definition) is 2. The van der Waals surface area contributed by atoms with Crippen LogP contribution in [-0.4, -0.2) is 35.7 Å². The summed E-state index contributed by atoms with van der Waals surface area (Å²) in [6, 6.07) is 0. The van der Waals surface area contributed by atoms with Crippen molar-refractivity contribution in [3.63, 3.8) is 0 Å². The summed E-state index contributed by atoms with van der Waals surface area (Å²) >= 11 is 0. The van der Waals surface area contributed by atoms with Crippen LogP contribution in [0.4, 0.5) is 43.9 Å². The topological polar surface area (TPSA) is 0 Å². The highest BCUT2D eigenvalue weighted by Gasteiger charge is 2.57. The van der Waals surface area contributed by atoms with Crippen molar-refractivity contribution in [2.24, 2.45) is 0 Å². The summed E-state index contributed by atoms with van der Waals surface area (Å²) in [5, 5.41) is 0. The highest BCUT2D eigenvalue weighted by molar-refractivity contribution is 8.76. The fourth-order valence-electron chi connectivity index (χ4n) is 3.89. The molecule has 0 bridgehead atoms. The van der Waals surface area contributed by atoms with Crippen molar-refractivity contribution in [3.8, 4) is 0 Å². The molecule has 0 saturated heterocycles. The fourth-order valence-corrected chi connectivity index (χ4v) is 6.19. The van der Waals surface area contributed by atoms with Gasteiger partial charge in [0.15, 0.2) is 0 Å². The van der Waals surface area contributed by atoms with Crippen LogP contribution in [0.5, 0.6) is 0 Å². The van der Waals surface area contributed by atoms with E-state index in [1.54, 1.807) is 0 Å². The van der Waals surface area contributed by atoms with Crippen LogP contribution >= 0.6 is 21.6 Å². The Labute approximate surface area is 229 Å². The van der Waals surface area contributed by atoms with Crippen molar-refractivity contribution >= 4 is 21.6 Å². The third-order valence-electron chi connectivity index (χ3n) is 6.35. The molecule has 0 atom stereocenters. The first kappa shape index (κ1) is 38.0. The quantitative estimate of drug-likeness (QED) is 0.0573. The summed E-state index contributed by atoms with van der Waals surface area (Å²) in [4.78, 5) is 0. The Hall–Kier alpha value is -0.000000000000000111. The lowest BCUT2D eigenvalue weighted by molar-refractivity contribution is -0.284. The number of rotatable bonds is 25. The molecule has 0 aliphatic heterocycles. The molecule has 0 unspecified atom stereocenters. The minimum Gasteiger partial charge on any atom is -0.196 e. The molecule has 0 heterocycles. The SMILES string of the molecule is FC(F)(F)C(F)(F)CCCCCCCCCCCSSCCCCCCCCCCCC(F)(F)C(F)(F)F. The molecule has 0 radical (unpaired) electrons. The van der Waals surface area contributed by atoms with Gasteiger partial charge in [0.1, 0.15) is 0 Å². The molecule has 0 nitrogen and oxygen atoms in total. The van der Waals surface area contributed by atoms with Gasteiger partial charge >= 0.3 is 24.2 Å². The largest absolute Gasteiger partial charge is 0.453 e. The molecule has 0 aliphatic carbocycles. The predicted octanol–water partition coefficient (Wildman–Crippen LogP) is 12.6. The number of unbranched alkanes of at least 4 members (excludes halogenated alkanes) is 16. The van der Waals surface area contributed by atoms with Crippen molar-refractivity contribution in [1.29, 1.82) is 0 Å². The molecule has 38 heavy (non-hydrogen) atoms. The Morgan fingerprint density at radius 3 is 0.737 bits per heavy atom. The van der Waals surface area contributed by atoms with Gasteiger partial charge in [-0.05, 0) is 25.7 Å². The molecule has 0 aromatic carbocycles. The van der Waals surface area contributed by atoms with Crippen molar-refractivity contribution in [2.75, 3.05) is 11.5 Å². The molecular formula is C26H44F10S2. The van der Waals surface area contributed by atoms with Crippen molar-refractivity contribution in [1.82, 2.24) is 0 Å². The Bertz CT molecular complexity index is 503. The van der Waals surface area contributed by atoms with Crippen LogP contribution in [0.2, 0.25) is 0 Å². The van der Waals surface area contributed by atoms with E-state index in [9.17, 15) is 43.9 Å². The zero-order valence-corrected chi connectivity index (χ0v) is 23.8. The van der Waals surface area contributed by atoms with E-state index >= 15 is 0 Å². The van der Waals surface area contributed by atoms with Gasteiger partial charge < -0.3 is 0 Å². The van der Waals surface area contributed by atoms with E-state index in [0.29, 0.717) is 25.7 Å². The molecular weight excluding hydrogens is 566 g/mol. The Balaban J connectivity index is 3.26. The summed E-state index contributed by atoms with van der Waals surface area (Å²) < 4.78 is 123. The van der Waals surface area contributed by atoms with E-state index < -0.39 is 37.0 Å². The van der Waals surface area contributed by atoms with Crippen molar-refractivity contribution < 1.29 is 43.9 Å². The molecule has 230 valence electrons. The minimum atomic E-state index is -5.45. The molecule has 12 heteroatoms. The normalized spacial score (nSPS) is 13.4. The van der Waals surface area contributed by atoms with Gasteiger partial charge in [0.25, 0.3) is 0 Å². The molecule has 0 aromatic heterocycles. The van der Waals surface area contributed by atoms with Gasteiger partial charge in [-0.2, -0.15) is 43.9 Å². The monoisotopic (exact) mass is 610 g/mol. The molecule has 0 saturated carbocycles. The second-order valence-corrected chi connectivity index (χ2v) is 12.6. The summed E-state index contributed by atoms with van der Waals surface area (Å²) in [6.07, 6.45) is 1.44. The maximum absolute atomic E-state index is 12.8. The molecule has 0 N–H and O–H groups in total. The first-order chi connectivity index (χ1) is 17.7. The van der Waals surface area contributed by atoms with E-state index in [1.165, 1.54) is 0 Å². The highest BCUT2D eigenvalue weighted by atomic mass is 33.1. The lowest BCUT2D eigenvalue weighted by atomic mass is 10.0. The Morgan fingerprint density at radius 2 is 0.500 bits per heavy atom. The van der Waals surface area contributed by atoms with Crippen LogP contribution in [0.3, 0.4) is 0 Å². The fraction of sp³-hybridized carbons (Fsp3) is 1.00.